The van der Waals surface area contributed by atoms with Crippen LogP contribution in [0.25, 0.3) is 11.1 Å². The first-order valence-electron chi connectivity index (χ1n) is 18.2. The molecule has 0 radical (unpaired) electrons. The van der Waals surface area contributed by atoms with Gasteiger partial charge in [0.05, 0.1) is 18.7 Å². The summed E-state index contributed by atoms with van der Waals surface area (Å²) in [6, 6.07) is 22.3. The number of esters is 1. The van der Waals surface area contributed by atoms with Gasteiger partial charge in [-0.05, 0) is 130 Å². The van der Waals surface area contributed by atoms with Gasteiger partial charge in [0.25, 0.3) is 5.91 Å². The van der Waals surface area contributed by atoms with Crippen molar-refractivity contribution in [3.05, 3.63) is 118 Å². The van der Waals surface area contributed by atoms with Crippen LogP contribution in [-0.2, 0) is 20.7 Å². The second kappa shape index (κ2) is 23.0. The first kappa shape index (κ1) is 45.3. The number of nitrogens with two attached hydrogens (primary N) is 1. The van der Waals surface area contributed by atoms with Crippen molar-refractivity contribution in [2.24, 2.45) is 0 Å². The molecule has 4 aromatic rings. The number of aryl methyl sites for hydroxylation is 3. The fourth-order valence-electron chi connectivity index (χ4n) is 5.89. The molecule has 0 aliphatic rings. The summed E-state index contributed by atoms with van der Waals surface area (Å²) in [7, 11) is 0. The van der Waals surface area contributed by atoms with Gasteiger partial charge >= 0.3 is 12.3 Å². The number of hydrogen-bond acceptors (Lipinski definition) is 6. The topological polar surface area (TPSA) is 99.9 Å². The van der Waals surface area contributed by atoms with E-state index in [4.69, 9.17) is 15.2 Å². The molecule has 0 aromatic heterocycles. The third-order valence-electron chi connectivity index (χ3n) is 8.21. The number of ether oxygens (including phenoxy) is 3. The van der Waals surface area contributed by atoms with Gasteiger partial charge in [-0.3, -0.25) is 9.59 Å². The third-order valence-corrected chi connectivity index (χ3v) is 8.21. The summed E-state index contributed by atoms with van der Waals surface area (Å²) in [4.78, 5) is 23.6. The minimum absolute atomic E-state index is 0.114. The van der Waals surface area contributed by atoms with Crippen LogP contribution in [0.2, 0.25) is 0 Å². The number of benzene rings is 4. The quantitative estimate of drug-likeness (QED) is 0.0755. The number of hydrogen-bond donors (Lipinski definition) is 2. The van der Waals surface area contributed by atoms with Gasteiger partial charge in [-0.2, -0.15) is 0 Å². The molecule has 0 aliphatic carbocycles. The largest absolute Gasteiger partial charge is 0.573 e. The maximum absolute atomic E-state index is 13.5. The van der Waals surface area contributed by atoms with Gasteiger partial charge in [-0.15, -0.1) is 13.2 Å². The highest BCUT2D eigenvalue weighted by atomic mass is 19.4. The fraction of sp³-hybridized carbons (Fsp3) is 0.395. The number of carbonyl (C=O) groups excluding carboxylic acids is 2. The Morgan fingerprint density at radius 1 is 0.815 bits per heavy atom. The SMILES string of the molecule is CCCC(Cc1ccc(OC(F)(F)F)cc1)c1ccc(C(=O)NCCC(=O)OCC)cc1.CCOCC.Cc1cc(C)c(-c2ccc(N)c(F)c2)c(C)c1. The molecule has 1 amide bonds. The second-order valence-electron chi connectivity index (χ2n) is 12.6. The maximum Gasteiger partial charge on any atom is 0.573 e. The Bertz CT molecular complexity index is 1720. The van der Waals surface area contributed by atoms with Gasteiger partial charge in [0.1, 0.15) is 11.6 Å². The first-order valence-corrected chi connectivity index (χ1v) is 18.2. The Balaban J connectivity index is 0.000000379. The number of alkyl halides is 3. The van der Waals surface area contributed by atoms with E-state index in [9.17, 15) is 27.2 Å². The van der Waals surface area contributed by atoms with Crippen LogP contribution in [0.3, 0.4) is 0 Å². The monoisotopic (exact) mass is 754 g/mol. The van der Waals surface area contributed by atoms with Crippen LogP contribution in [0.15, 0.2) is 78.9 Å². The van der Waals surface area contributed by atoms with Gasteiger partial charge in [-0.1, -0.05) is 61.4 Å². The average Bonchev–Trinajstić information content (AvgIpc) is 3.10. The second-order valence-corrected chi connectivity index (χ2v) is 12.6. The summed E-state index contributed by atoms with van der Waals surface area (Å²) in [5.74, 6) is -1.07. The van der Waals surface area contributed by atoms with E-state index in [1.54, 1.807) is 37.3 Å². The standard InChI is InChI=1S/C24H28F3NO4.C15H16FN.C4H10O/c1-3-5-20(16-17-6-12-21(13-7-17)32-24(25,26)27)18-8-10-19(11-9-18)23(30)28-15-14-22(29)31-4-2;1-9-6-10(2)15(11(3)7-9)12-4-5-14(17)13(16)8-12;1-3-5-4-2/h6-13,20H,3-5,14-16H2,1-2H3,(H,28,30);4-8H,17H2,1-3H3;3-4H2,1-2H3. The predicted octanol–water partition coefficient (Wildman–Crippen LogP) is 10.4. The molecule has 0 saturated heterocycles. The number of nitrogen functional groups attached to an aromatic ring is 1. The van der Waals surface area contributed by atoms with Crippen molar-refractivity contribution in [3.8, 4) is 16.9 Å². The molecule has 0 fully saturated rings. The van der Waals surface area contributed by atoms with Crippen LogP contribution >= 0.6 is 0 Å². The van der Waals surface area contributed by atoms with Crippen LogP contribution < -0.4 is 15.8 Å². The molecule has 3 N–H and O–H groups in total. The highest BCUT2D eigenvalue weighted by Crippen LogP contribution is 2.31. The lowest BCUT2D eigenvalue weighted by molar-refractivity contribution is -0.274. The van der Waals surface area contributed by atoms with Crippen LogP contribution in [0.1, 0.15) is 91.1 Å². The van der Waals surface area contributed by atoms with E-state index in [0.29, 0.717) is 18.6 Å². The Morgan fingerprint density at radius 2 is 1.43 bits per heavy atom. The molecule has 54 heavy (non-hydrogen) atoms. The number of anilines is 1. The van der Waals surface area contributed by atoms with Crippen LogP contribution in [0, 0.1) is 26.6 Å². The lowest BCUT2D eigenvalue weighted by atomic mass is 9.88. The molecule has 1 atom stereocenters. The zero-order chi connectivity index (χ0) is 40.3. The number of rotatable bonds is 14. The molecule has 0 saturated carbocycles. The summed E-state index contributed by atoms with van der Waals surface area (Å²) < 4.78 is 64.0. The lowest BCUT2D eigenvalue weighted by Crippen LogP contribution is -2.26. The molecule has 1 unspecified atom stereocenters. The molecule has 7 nitrogen and oxygen atoms in total. The molecule has 4 aromatic carbocycles. The normalized spacial score (nSPS) is 11.3. The van der Waals surface area contributed by atoms with Gasteiger partial charge in [0.2, 0.25) is 0 Å². The number of halogens is 4. The van der Waals surface area contributed by atoms with E-state index in [2.05, 4.69) is 36.0 Å². The van der Waals surface area contributed by atoms with E-state index in [1.165, 1.54) is 23.8 Å². The van der Waals surface area contributed by atoms with E-state index >= 15 is 0 Å². The van der Waals surface area contributed by atoms with E-state index in [0.717, 1.165) is 59.4 Å². The summed E-state index contributed by atoms with van der Waals surface area (Å²) >= 11 is 0. The van der Waals surface area contributed by atoms with Gasteiger partial charge < -0.3 is 25.3 Å². The van der Waals surface area contributed by atoms with Crippen molar-refractivity contribution in [2.75, 3.05) is 32.1 Å². The number of amides is 1. The molecule has 0 spiro atoms. The molecule has 0 heterocycles. The molecule has 294 valence electrons. The van der Waals surface area contributed by atoms with E-state index in [-0.39, 0.29) is 48.0 Å². The van der Waals surface area contributed by atoms with E-state index < -0.39 is 6.36 Å². The summed E-state index contributed by atoms with van der Waals surface area (Å²) in [5.41, 5.74) is 13.6. The lowest BCUT2D eigenvalue weighted by Gasteiger charge is -2.18. The number of carbonyl (C=O) groups is 2. The van der Waals surface area contributed by atoms with Crippen LogP contribution in [-0.4, -0.2) is 44.6 Å². The van der Waals surface area contributed by atoms with Crippen molar-refractivity contribution >= 4 is 17.6 Å². The molecule has 0 aliphatic heterocycles. The highest BCUT2D eigenvalue weighted by Gasteiger charge is 2.31. The molecule has 4 rings (SSSR count). The Morgan fingerprint density at radius 3 is 1.93 bits per heavy atom. The first-order chi connectivity index (χ1) is 25.6. The van der Waals surface area contributed by atoms with E-state index in [1.807, 2.05) is 45.9 Å². The minimum Gasteiger partial charge on any atom is -0.466 e. The zero-order valence-electron chi connectivity index (χ0n) is 32.4. The summed E-state index contributed by atoms with van der Waals surface area (Å²) in [6.07, 6.45) is -2.10. The highest BCUT2D eigenvalue weighted by molar-refractivity contribution is 5.94. The van der Waals surface area contributed by atoms with Crippen molar-refractivity contribution in [1.82, 2.24) is 5.32 Å². The minimum atomic E-state index is -4.71. The van der Waals surface area contributed by atoms with Crippen LogP contribution in [0.4, 0.5) is 23.2 Å². The molecule has 0 bridgehead atoms. The summed E-state index contributed by atoms with van der Waals surface area (Å²) in [6.45, 7) is 16.1. The molecular formula is C43H54F4N2O5. The fourth-order valence-corrected chi connectivity index (χ4v) is 5.89. The van der Waals surface area contributed by atoms with Crippen molar-refractivity contribution in [2.45, 2.75) is 86.4 Å². The molecule has 11 heteroatoms. The Hall–Kier alpha value is -4.90. The third kappa shape index (κ3) is 16.0. The van der Waals surface area contributed by atoms with Crippen LogP contribution in [0.5, 0.6) is 5.75 Å². The predicted molar refractivity (Wildman–Crippen MR) is 207 cm³/mol. The molecular weight excluding hydrogens is 700 g/mol. The Labute approximate surface area is 317 Å². The Kier molecular flexibility index (Phi) is 19.3. The number of nitrogens with one attached hydrogen (secondary N) is 1. The van der Waals surface area contributed by atoms with Gasteiger partial charge in [0, 0.05) is 25.3 Å². The average molecular weight is 755 g/mol. The zero-order valence-corrected chi connectivity index (χ0v) is 32.4. The van der Waals surface area contributed by atoms with Crippen molar-refractivity contribution in [3.63, 3.8) is 0 Å². The van der Waals surface area contributed by atoms with Crippen molar-refractivity contribution < 1.29 is 41.4 Å². The van der Waals surface area contributed by atoms with Gasteiger partial charge in [-0.25, -0.2) is 4.39 Å². The maximum atomic E-state index is 13.5. The van der Waals surface area contributed by atoms with Crippen molar-refractivity contribution in [1.29, 1.82) is 0 Å². The smallest absolute Gasteiger partial charge is 0.466 e. The summed E-state index contributed by atoms with van der Waals surface area (Å²) in [5, 5.41) is 2.69. The van der Waals surface area contributed by atoms with Gasteiger partial charge in [0.15, 0.2) is 0 Å².